The van der Waals surface area contributed by atoms with Crippen molar-refractivity contribution in [2.24, 2.45) is 0 Å². The number of methoxy groups -OCH3 is 1. The summed E-state index contributed by atoms with van der Waals surface area (Å²) in [5, 5.41) is 24.5. The van der Waals surface area contributed by atoms with E-state index < -0.39 is 20.0 Å². The topological polar surface area (TPSA) is 112 Å². The van der Waals surface area contributed by atoms with Gasteiger partial charge in [-0.1, -0.05) is 11.3 Å². The van der Waals surface area contributed by atoms with Gasteiger partial charge in [-0.05, 0) is 49.4 Å². The summed E-state index contributed by atoms with van der Waals surface area (Å²) in [5.74, 6) is 0.0788. The van der Waals surface area contributed by atoms with Crippen molar-refractivity contribution in [2.45, 2.75) is 50.8 Å². The first kappa shape index (κ1) is 19.9. The first-order valence-corrected chi connectivity index (χ1v) is 11.4. The zero-order valence-electron chi connectivity index (χ0n) is 21.8. The minimum absolute atomic E-state index is 0.0127. The van der Waals surface area contributed by atoms with E-state index >= 15 is 0 Å². The van der Waals surface area contributed by atoms with E-state index in [1.165, 1.54) is 4.52 Å². The van der Waals surface area contributed by atoms with E-state index in [0.717, 1.165) is 30.4 Å². The lowest BCUT2D eigenvalue weighted by Crippen LogP contribution is -2.31. The number of aromatic nitrogens is 6. The third-order valence-electron chi connectivity index (χ3n) is 6.16. The molecule has 0 saturated heterocycles. The second-order valence-electron chi connectivity index (χ2n) is 8.44. The molecule has 186 valence electrons. The maximum absolute atomic E-state index is 13.0. The fourth-order valence-corrected chi connectivity index (χ4v) is 4.53. The van der Waals surface area contributed by atoms with Crippen molar-refractivity contribution in [1.29, 1.82) is 0 Å². The Kier molecular flexibility index (Phi) is 5.73. The summed E-state index contributed by atoms with van der Waals surface area (Å²) in [4.78, 5) is 4.40. The molecule has 1 saturated carbocycles. The number of alkyl halides is 2. The number of nitrogens with one attached hydrogen (secondary N) is 1. The number of benzene rings is 1. The lowest BCUT2D eigenvalue weighted by Gasteiger charge is -2.29. The molecule has 0 aliphatic heterocycles. The Labute approximate surface area is 204 Å². The Morgan fingerprint density at radius 2 is 2.11 bits per heavy atom. The number of nitrogens with zero attached hydrogens (tertiary/aromatic N) is 6. The first-order chi connectivity index (χ1) is 18.2. The largest absolute Gasteiger partial charge is 0.479 e. The molecule has 5 rings (SSSR count). The molecule has 0 unspecified atom stereocenters. The number of aliphatic hydroxyl groups excluding tert-OH is 1. The zero-order chi connectivity index (χ0) is 26.9. The molecule has 1 fully saturated rings. The summed E-state index contributed by atoms with van der Waals surface area (Å²) in [6, 6.07) is 6.84. The number of hydrogen-bond acceptors (Lipinski definition) is 8. The van der Waals surface area contributed by atoms with Crippen LogP contribution < -0.4 is 10.1 Å². The van der Waals surface area contributed by atoms with Crippen molar-refractivity contribution in [3.05, 3.63) is 30.5 Å². The fraction of sp³-hybridized carbons (Fsp3) is 0.478. The van der Waals surface area contributed by atoms with Crippen LogP contribution in [0.3, 0.4) is 0 Å². The number of hydrogen-bond donors (Lipinski definition) is 2. The standard InChI is InChI=1S/C23H27F2N7O3/c1-34-22-21-17(14-2-7-18-19(12-14)32(30-28-18)13-20(24)25)8-9-31(21)29-23(27-22)26-15-3-5-16(6-4-15)35-11-10-33/h2,7-9,12,15-16,20,33H,3-6,10-11,13H2,1H3,(H,26,29)/t15-,16+/i1D3. The van der Waals surface area contributed by atoms with Crippen molar-refractivity contribution in [3.63, 3.8) is 0 Å². The van der Waals surface area contributed by atoms with Crippen LogP contribution in [0, 0.1) is 0 Å². The summed E-state index contributed by atoms with van der Waals surface area (Å²) in [6.45, 7) is -0.301. The number of halogens is 2. The zero-order valence-corrected chi connectivity index (χ0v) is 18.8. The molecular weight excluding hydrogens is 460 g/mol. The number of anilines is 1. The Balaban J connectivity index is 1.47. The van der Waals surface area contributed by atoms with Crippen LogP contribution >= 0.6 is 0 Å². The highest BCUT2D eigenvalue weighted by Gasteiger charge is 2.23. The molecule has 35 heavy (non-hydrogen) atoms. The molecular formula is C23H27F2N7O3. The molecule has 1 aliphatic carbocycles. The maximum Gasteiger partial charge on any atom is 0.258 e. The molecule has 3 aromatic heterocycles. The van der Waals surface area contributed by atoms with Gasteiger partial charge in [-0.15, -0.1) is 10.2 Å². The summed E-state index contributed by atoms with van der Waals surface area (Å²) < 4.78 is 62.5. The van der Waals surface area contributed by atoms with Crippen LogP contribution in [0.4, 0.5) is 14.7 Å². The van der Waals surface area contributed by atoms with Gasteiger partial charge in [-0.2, -0.15) is 4.98 Å². The number of aliphatic hydroxyl groups is 1. The summed E-state index contributed by atoms with van der Waals surface area (Å²) in [6.07, 6.45) is 2.36. The number of rotatable bonds is 9. The Bertz CT molecular complexity index is 1400. The van der Waals surface area contributed by atoms with E-state index in [-0.39, 0.29) is 30.6 Å². The Morgan fingerprint density at radius 3 is 2.89 bits per heavy atom. The SMILES string of the molecule is [2H]C([2H])([2H])Oc1nc(N[C@H]2CC[C@@H](OCCO)CC2)nn2ccc(-c3ccc4nnn(CC(F)F)c4c3)c12. The lowest BCUT2D eigenvalue weighted by atomic mass is 9.93. The molecule has 4 aromatic rings. The predicted octanol–water partition coefficient (Wildman–Crippen LogP) is 3.15. The van der Waals surface area contributed by atoms with Gasteiger partial charge in [0.05, 0.1) is 36.0 Å². The van der Waals surface area contributed by atoms with Gasteiger partial charge in [-0.3, -0.25) is 0 Å². The quantitative estimate of drug-likeness (QED) is 0.368. The smallest absolute Gasteiger partial charge is 0.258 e. The van der Waals surface area contributed by atoms with Gasteiger partial charge in [-0.25, -0.2) is 18.0 Å². The highest BCUT2D eigenvalue weighted by atomic mass is 19.3. The van der Waals surface area contributed by atoms with Crippen LogP contribution in [0.1, 0.15) is 29.8 Å². The summed E-state index contributed by atoms with van der Waals surface area (Å²) >= 11 is 0. The highest BCUT2D eigenvalue weighted by Crippen LogP contribution is 2.33. The van der Waals surface area contributed by atoms with Gasteiger partial charge in [0.2, 0.25) is 11.8 Å². The Morgan fingerprint density at radius 1 is 1.26 bits per heavy atom. The van der Waals surface area contributed by atoms with Crippen LogP contribution in [0.15, 0.2) is 30.5 Å². The van der Waals surface area contributed by atoms with Crippen LogP contribution in [0.2, 0.25) is 0 Å². The molecule has 0 amide bonds. The predicted molar refractivity (Wildman–Crippen MR) is 125 cm³/mol. The van der Waals surface area contributed by atoms with E-state index in [1.807, 2.05) is 0 Å². The second-order valence-corrected chi connectivity index (χ2v) is 8.44. The minimum Gasteiger partial charge on any atom is -0.479 e. The van der Waals surface area contributed by atoms with E-state index in [4.69, 9.17) is 18.7 Å². The van der Waals surface area contributed by atoms with Gasteiger partial charge in [0.25, 0.3) is 6.43 Å². The van der Waals surface area contributed by atoms with Crippen molar-refractivity contribution < 1.29 is 27.5 Å². The lowest BCUT2D eigenvalue weighted by molar-refractivity contribution is 0.00718. The molecule has 10 nitrogen and oxygen atoms in total. The number of ether oxygens (including phenoxy) is 2. The molecule has 2 N–H and O–H groups in total. The molecule has 12 heteroatoms. The first-order valence-electron chi connectivity index (χ1n) is 12.9. The van der Waals surface area contributed by atoms with Crippen molar-refractivity contribution >= 4 is 22.5 Å². The van der Waals surface area contributed by atoms with E-state index in [1.54, 1.807) is 30.5 Å². The third kappa shape index (κ3) is 4.89. The van der Waals surface area contributed by atoms with Crippen LogP contribution in [-0.4, -0.2) is 73.5 Å². The van der Waals surface area contributed by atoms with Gasteiger partial charge in [0.15, 0.2) is 0 Å². The molecule has 3 heterocycles. The average Bonchev–Trinajstić information content (AvgIpc) is 3.46. The van der Waals surface area contributed by atoms with Crippen molar-refractivity contribution in [2.75, 3.05) is 25.6 Å². The second kappa shape index (κ2) is 10.1. The van der Waals surface area contributed by atoms with Crippen molar-refractivity contribution in [3.8, 4) is 17.0 Å². The highest BCUT2D eigenvalue weighted by molar-refractivity contribution is 5.89. The molecule has 0 spiro atoms. The van der Waals surface area contributed by atoms with E-state index in [9.17, 15) is 8.78 Å². The van der Waals surface area contributed by atoms with Gasteiger partial charge >= 0.3 is 0 Å². The van der Waals surface area contributed by atoms with Crippen LogP contribution in [0.5, 0.6) is 5.88 Å². The van der Waals surface area contributed by atoms with E-state index in [2.05, 4.69) is 25.7 Å². The van der Waals surface area contributed by atoms with Crippen LogP contribution in [-0.2, 0) is 11.3 Å². The average molecular weight is 491 g/mol. The van der Waals surface area contributed by atoms with Gasteiger partial charge < -0.3 is 19.9 Å². The van der Waals surface area contributed by atoms with Crippen molar-refractivity contribution in [1.82, 2.24) is 29.6 Å². The van der Waals surface area contributed by atoms with Gasteiger partial charge in [0, 0.05) is 17.8 Å². The molecule has 0 bridgehead atoms. The van der Waals surface area contributed by atoms with E-state index in [0.29, 0.717) is 34.3 Å². The molecule has 1 aromatic carbocycles. The van der Waals surface area contributed by atoms with Crippen LogP contribution in [0.25, 0.3) is 27.7 Å². The monoisotopic (exact) mass is 490 g/mol. The minimum atomic E-state index is -2.76. The number of fused-ring (bicyclic) bond motifs is 2. The Hall–Kier alpha value is -3.38. The third-order valence-corrected chi connectivity index (χ3v) is 6.16. The van der Waals surface area contributed by atoms with Gasteiger partial charge in [0.1, 0.15) is 17.6 Å². The molecule has 1 aliphatic rings. The fourth-order valence-electron chi connectivity index (χ4n) is 4.53. The summed E-state index contributed by atoms with van der Waals surface area (Å²) in [7, 11) is -2.76. The molecule has 0 radical (unpaired) electrons. The maximum atomic E-state index is 13.0. The molecule has 0 atom stereocenters. The normalized spacial score (nSPS) is 20.2. The summed E-state index contributed by atoms with van der Waals surface area (Å²) in [5.41, 5.74) is 2.36.